The van der Waals surface area contributed by atoms with Crippen LogP contribution in [0.25, 0.3) is 0 Å². The van der Waals surface area contributed by atoms with Gasteiger partial charge in [0.05, 0.1) is 0 Å². The number of rotatable bonds is 4. The number of aryl methyl sites for hydroxylation is 6. The maximum atomic E-state index is 2.36. The SMILES string of the molecule is Cc1cc(C)c(C)c(CCCc2cc(C)cc(C)c2C)c1. The standard InChI is InChI=1S/C21H28/c1-14-10-16(3)18(5)20(12-14)8-7-9-21-13-15(2)11-17(4)19(21)6/h10-13H,7-9H2,1-6H3. The highest BCUT2D eigenvalue weighted by atomic mass is 14.1. The van der Waals surface area contributed by atoms with Gasteiger partial charge in [-0.25, -0.2) is 0 Å². The van der Waals surface area contributed by atoms with Gasteiger partial charge in [-0.1, -0.05) is 35.4 Å². The number of hydrogen-bond acceptors (Lipinski definition) is 0. The molecule has 0 unspecified atom stereocenters. The molecule has 2 aromatic carbocycles. The second kappa shape index (κ2) is 6.47. The molecule has 0 fully saturated rings. The Morgan fingerprint density at radius 1 is 0.571 bits per heavy atom. The van der Waals surface area contributed by atoms with Crippen LogP contribution in [0.15, 0.2) is 24.3 Å². The molecule has 0 saturated heterocycles. The summed E-state index contributed by atoms with van der Waals surface area (Å²) in [6.07, 6.45) is 3.59. The first-order valence-electron chi connectivity index (χ1n) is 8.02. The zero-order valence-electron chi connectivity index (χ0n) is 14.4. The largest absolute Gasteiger partial charge is 0.0561 e. The van der Waals surface area contributed by atoms with E-state index in [1.54, 1.807) is 0 Å². The van der Waals surface area contributed by atoms with Crippen LogP contribution in [0.5, 0.6) is 0 Å². The minimum absolute atomic E-state index is 1.18. The van der Waals surface area contributed by atoms with E-state index in [2.05, 4.69) is 65.8 Å². The van der Waals surface area contributed by atoms with E-state index < -0.39 is 0 Å². The van der Waals surface area contributed by atoms with Crippen molar-refractivity contribution in [2.75, 3.05) is 0 Å². The molecule has 0 amide bonds. The molecule has 0 radical (unpaired) electrons. The topological polar surface area (TPSA) is 0 Å². The fraction of sp³-hybridized carbons (Fsp3) is 0.429. The molecule has 0 aliphatic rings. The summed E-state index contributed by atoms with van der Waals surface area (Å²) in [4.78, 5) is 0. The van der Waals surface area contributed by atoms with Crippen LogP contribution in [0.1, 0.15) is 50.9 Å². The Labute approximate surface area is 130 Å². The third kappa shape index (κ3) is 3.75. The fourth-order valence-electron chi connectivity index (χ4n) is 3.24. The molecule has 0 heteroatoms. The third-order valence-electron chi connectivity index (χ3n) is 4.73. The highest BCUT2D eigenvalue weighted by Crippen LogP contribution is 2.21. The normalized spacial score (nSPS) is 11.0. The van der Waals surface area contributed by atoms with Gasteiger partial charge in [0, 0.05) is 0 Å². The first-order chi connectivity index (χ1) is 9.88. The molecule has 112 valence electrons. The van der Waals surface area contributed by atoms with Crippen LogP contribution in [0.2, 0.25) is 0 Å². The molecule has 0 aliphatic heterocycles. The van der Waals surface area contributed by atoms with Crippen molar-refractivity contribution < 1.29 is 0 Å². The number of hydrogen-bond donors (Lipinski definition) is 0. The van der Waals surface area contributed by atoms with E-state index in [1.165, 1.54) is 63.8 Å². The predicted molar refractivity (Wildman–Crippen MR) is 93.3 cm³/mol. The van der Waals surface area contributed by atoms with Crippen LogP contribution >= 0.6 is 0 Å². The minimum Gasteiger partial charge on any atom is -0.0561 e. The van der Waals surface area contributed by atoms with E-state index in [0.717, 1.165) is 0 Å². The van der Waals surface area contributed by atoms with Crippen LogP contribution in [0.3, 0.4) is 0 Å². The molecular weight excluding hydrogens is 252 g/mol. The van der Waals surface area contributed by atoms with Gasteiger partial charge >= 0.3 is 0 Å². The van der Waals surface area contributed by atoms with E-state index in [1.807, 2.05) is 0 Å². The Morgan fingerprint density at radius 2 is 0.952 bits per heavy atom. The van der Waals surface area contributed by atoms with Gasteiger partial charge in [-0.05, 0) is 94.2 Å². The average molecular weight is 280 g/mol. The molecule has 2 aromatic rings. The van der Waals surface area contributed by atoms with Crippen molar-refractivity contribution in [1.29, 1.82) is 0 Å². The van der Waals surface area contributed by atoms with Crippen molar-refractivity contribution in [1.82, 2.24) is 0 Å². The quantitative estimate of drug-likeness (QED) is 0.672. The van der Waals surface area contributed by atoms with Gasteiger partial charge < -0.3 is 0 Å². The molecular formula is C21H28. The monoisotopic (exact) mass is 280 g/mol. The lowest BCUT2D eigenvalue weighted by molar-refractivity contribution is 0.808. The minimum atomic E-state index is 1.18. The highest BCUT2D eigenvalue weighted by Gasteiger charge is 2.06. The lowest BCUT2D eigenvalue weighted by atomic mass is 9.93. The summed E-state index contributed by atoms with van der Waals surface area (Å²) in [6, 6.07) is 9.28. The molecule has 0 bridgehead atoms. The van der Waals surface area contributed by atoms with Crippen molar-refractivity contribution >= 4 is 0 Å². The molecule has 0 nitrogen and oxygen atoms in total. The molecule has 0 heterocycles. The zero-order chi connectivity index (χ0) is 15.6. The fourth-order valence-corrected chi connectivity index (χ4v) is 3.24. The Morgan fingerprint density at radius 3 is 1.33 bits per heavy atom. The van der Waals surface area contributed by atoms with Crippen molar-refractivity contribution in [2.45, 2.75) is 60.8 Å². The van der Waals surface area contributed by atoms with Crippen LogP contribution in [-0.2, 0) is 12.8 Å². The first-order valence-corrected chi connectivity index (χ1v) is 8.02. The molecule has 0 spiro atoms. The molecule has 0 atom stereocenters. The summed E-state index contributed by atoms with van der Waals surface area (Å²) in [5, 5.41) is 0. The van der Waals surface area contributed by atoms with Crippen LogP contribution in [0.4, 0.5) is 0 Å². The van der Waals surface area contributed by atoms with E-state index in [4.69, 9.17) is 0 Å². The highest BCUT2D eigenvalue weighted by molar-refractivity contribution is 5.39. The average Bonchev–Trinajstić information content (AvgIpc) is 2.40. The van der Waals surface area contributed by atoms with E-state index >= 15 is 0 Å². The van der Waals surface area contributed by atoms with Crippen LogP contribution < -0.4 is 0 Å². The van der Waals surface area contributed by atoms with Crippen LogP contribution in [0, 0.1) is 41.5 Å². The molecule has 0 aromatic heterocycles. The van der Waals surface area contributed by atoms with E-state index in [0.29, 0.717) is 0 Å². The Balaban J connectivity index is 2.09. The maximum Gasteiger partial charge on any atom is -0.0273 e. The smallest absolute Gasteiger partial charge is 0.0273 e. The molecule has 2 rings (SSSR count). The molecule has 21 heavy (non-hydrogen) atoms. The van der Waals surface area contributed by atoms with Gasteiger partial charge in [0.25, 0.3) is 0 Å². The van der Waals surface area contributed by atoms with E-state index in [-0.39, 0.29) is 0 Å². The first kappa shape index (κ1) is 15.8. The number of benzene rings is 2. The molecule has 0 aliphatic carbocycles. The molecule has 0 saturated carbocycles. The summed E-state index contributed by atoms with van der Waals surface area (Å²) < 4.78 is 0. The van der Waals surface area contributed by atoms with Crippen molar-refractivity contribution in [2.24, 2.45) is 0 Å². The lowest BCUT2D eigenvalue weighted by Gasteiger charge is -2.13. The lowest BCUT2D eigenvalue weighted by Crippen LogP contribution is -1.98. The Bertz CT molecular complexity index is 590. The molecule has 0 N–H and O–H groups in total. The third-order valence-corrected chi connectivity index (χ3v) is 4.73. The predicted octanol–water partition coefficient (Wildman–Crippen LogP) is 5.71. The maximum absolute atomic E-state index is 2.36. The van der Waals surface area contributed by atoms with Crippen molar-refractivity contribution in [3.8, 4) is 0 Å². The summed E-state index contributed by atoms with van der Waals surface area (Å²) in [5.41, 5.74) is 11.6. The van der Waals surface area contributed by atoms with Gasteiger partial charge in [0.1, 0.15) is 0 Å². The van der Waals surface area contributed by atoms with E-state index in [9.17, 15) is 0 Å². The summed E-state index contributed by atoms with van der Waals surface area (Å²) >= 11 is 0. The van der Waals surface area contributed by atoms with Crippen molar-refractivity contribution in [3.05, 3.63) is 68.8 Å². The van der Waals surface area contributed by atoms with Gasteiger partial charge in [-0.2, -0.15) is 0 Å². The van der Waals surface area contributed by atoms with Gasteiger partial charge in [-0.15, -0.1) is 0 Å². The summed E-state index contributed by atoms with van der Waals surface area (Å²) in [5.74, 6) is 0. The second-order valence-electron chi connectivity index (χ2n) is 6.59. The summed E-state index contributed by atoms with van der Waals surface area (Å²) in [6.45, 7) is 13.4. The Kier molecular flexibility index (Phi) is 4.88. The Hall–Kier alpha value is -1.56. The van der Waals surface area contributed by atoms with Crippen molar-refractivity contribution in [3.63, 3.8) is 0 Å². The summed E-state index contributed by atoms with van der Waals surface area (Å²) in [7, 11) is 0. The van der Waals surface area contributed by atoms with Gasteiger partial charge in [0.2, 0.25) is 0 Å². The van der Waals surface area contributed by atoms with Gasteiger partial charge in [0.15, 0.2) is 0 Å². The zero-order valence-corrected chi connectivity index (χ0v) is 14.4. The second-order valence-corrected chi connectivity index (χ2v) is 6.59. The van der Waals surface area contributed by atoms with Crippen LogP contribution in [-0.4, -0.2) is 0 Å². The van der Waals surface area contributed by atoms with Gasteiger partial charge in [-0.3, -0.25) is 0 Å².